The fourth-order valence-electron chi connectivity index (χ4n) is 2.82. The summed E-state index contributed by atoms with van der Waals surface area (Å²) >= 11 is 0. The van der Waals surface area contributed by atoms with E-state index in [0.29, 0.717) is 18.4 Å². The minimum Gasteiger partial charge on any atom is -0.506 e. The van der Waals surface area contributed by atoms with E-state index in [4.69, 9.17) is 4.74 Å². The molecular formula is C22H21NO4. The van der Waals surface area contributed by atoms with Crippen LogP contribution in [0.4, 0.5) is 0 Å². The van der Waals surface area contributed by atoms with Gasteiger partial charge >= 0.3 is 5.97 Å². The van der Waals surface area contributed by atoms with Crippen LogP contribution in [0.3, 0.4) is 0 Å². The molecule has 0 heterocycles. The summed E-state index contributed by atoms with van der Waals surface area (Å²) in [6.45, 7) is 1.96. The first kappa shape index (κ1) is 18.5. The summed E-state index contributed by atoms with van der Waals surface area (Å²) in [6.07, 6.45) is -0.266. The largest absolute Gasteiger partial charge is 0.506 e. The second-order valence-electron chi connectivity index (χ2n) is 6.26. The van der Waals surface area contributed by atoms with E-state index in [2.05, 4.69) is 5.32 Å². The third-order valence-corrected chi connectivity index (χ3v) is 4.33. The highest BCUT2D eigenvalue weighted by molar-refractivity contribution is 6.01. The Kier molecular flexibility index (Phi) is 5.71. The van der Waals surface area contributed by atoms with Crippen LogP contribution in [0.1, 0.15) is 22.8 Å². The lowest BCUT2D eigenvalue weighted by Crippen LogP contribution is -2.36. The van der Waals surface area contributed by atoms with Gasteiger partial charge in [-0.25, -0.2) is 4.79 Å². The van der Waals surface area contributed by atoms with E-state index in [0.717, 1.165) is 10.9 Å². The summed E-state index contributed by atoms with van der Waals surface area (Å²) in [4.78, 5) is 24.5. The van der Waals surface area contributed by atoms with Gasteiger partial charge < -0.3 is 15.2 Å². The molecule has 2 N–H and O–H groups in total. The second-order valence-corrected chi connectivity index (χ2v) is 6.26. The zero-order chi connectivity index (χ0) is 19.2. The van der Waals surface area contributed by atoms with Crippen LogP contribution >= 0.6 is 0 Å². The zero-order valence-electron chi connectivity index (χ0n) is 15.0. The Hall–Kier alpha value is -3.34. The molecule has 0 saturated heterocycles. The molecular weight excluding hydrogens is 342 g/mol. The van der Waals surface area contributed by atoms with Gasteiger partial charge in [0.25, 0.3) is 5.91 Å². The molecule has 0 aliphatic heterocycles. The third-order valence-electron chi connectivity index (χ3n) is 4.33. The minimum absolute atomic E-state index is 0.0395. The maximum atomic E-state index is 12.4. The maximum absolute atomic E-state index is 12.4. The molecule has 0 radical (unpaired) electrons. The molecule has 0 bridgehead atoms. The standard InChI is InChI=1S/C22H21NO4/c1-15(21(25)23-14-13-16-7-3-2-4-8-16)27-22(26)19-12-11-17-9-5-6-10-18(17)20(19)24/h2-12,15,24H,13-14H2,1H3,(H,23,25)/t15-/m1/s1. The summed E-state index contributed by atoms with van der Waals surface area (Å²) in [5, 5.41) is 14.5. The number of carbonyl (C=O) groups is 2. The van der Waals surface area contributed by atoms with Gasteiger partial charge in [-0.2, -0.15) is 0 Å². The van der Waals surface area contributed by atoms with Gasteiger partial charge in [0.15, 0.2) is 6.10 Å². The van der Waals surface area contributed by atoms with E-state index in [-0.39, 0.29) is 17.2 Å². The lowest BCUT2D eigenvalue weighted by atomic mass is 10.1. The maximum Gasteiger partial charge on any atom is 0.342 e. The van der Waals surface area contributed by atoms with Crippen molar-refractivity contribution in [3.8, 4) is 5.75 Å². The van der Waals surface area contributed by atoms with E-state index in [1.165, 1.54) is 13.0 Å². The number of phenolic OH excluding ortho intramolecular Hbond substituents is 1. The van der Waals surface area contributed by atoms with E-state index in [1.54, 1.807) is 18.2 Å². The fraction of sp³-hybridized carbons (Fsp3) is 0.182. The molecule has 0 aromatic heterocycles. The molecule has 0 spiro atoms. The molecule has 1 amide bonds. The number of carbonyl (C=O) groups excluding carboxylic acids is 2. The van der Waals surface area contributed by atoms with Gasteiger partial charge in [-0.15, -0.1) is 0 Å². The predicted octanol–water partition coefficient (Wildman–Crippen LogP) is 3.45. The molecule has 0 unspecified atom stereocenters. The molecule has 0 aliphatic rings. The van der Waals surface area contributed by atoms with Gasteiger partial charge in [0.1, 0.15) is 11.3 Å². The van der Waals surface area contributed by atoms with Crippen molar-refractivity contribution in [3.63, 3.8) is 0 Å². The number of hydrogen-bond donors (Lipinski definition) is 2. The molecule has 5 nitrogen and oxygen atoms in total. The Morgan fingerprint density at radius 2 is 1.70 bits per heavy atom. The number of amides is 1. The van der Waals surface area contributed by atoms with Crippen molar-refractivity contribution in [3.05, 3.63) is 77.9 Å². The average Bonchev–Trinajstić information content (AvgIpc) is 2.69. The SMILES string of the molecule is C[C@@H](OC(=O)c1ccc2ccccc2c1O)C(=O)NCCc1ccccc1. The van der Waals surface area contributed by atoms with Crippen LogP contribution in [0, 0.1) is 0 Å². The number of esters is 1. The topological polar surface area (TPSA) is 75.6 Å². The van der Waals surface area contributed by atoms with Gasteiger partial charge in [0.2, 0.25) is 0 Å². The third kappa shape index (κ3) is 4.44. The predicted molar refractivity (Wildman–Crippen MR) is 104 cm³/mol. The molecule has 27 heavy (non-hydrogen) atoms. The summed E-state index contributed by atoms with van der Waals surface area (Å²) in [5.41, 5.74) is 1.15. The highest BCUT2D eigenvalue weighted by Gasteiger charge is 2.21. The Morgan fingerprint density at radius 3 is 2.48 bits per heavy atom. The van der Waals surface area contributed by atoms with Gasteiger partial charge in [-0.1, -0.05) is 60.7 Å². The number of rotatable bonds is 6. The van der Waals surface area contributed by atoms with Crippen LogP contribution in [0.15, 0.2) is 66.7 Å². The monoisotopic (exact) mass is 363 g/mol. The molecule has 3 rings (SSSR count). The van der Waals surface area contributed by atoms with Crippen LogP contribution in [0.2, 0.25) is 0 Å². The Bertz CT molecular complexity index is 953. The average molecular weight is 363 g/mol. The van der Waals surface area contributed by atoms with Crippen LogP contribution in [-0.2, 0) is 16.0 Å². The zero-order valence-corrected chi connectivity index (χ0v) is 15.0. The van der Waals surface area contributed by atoms with E-state index >= 15 is 0 Å². The smallest absolute Gasteiger partial charge is 0.342 e. The first-order valence-electron chi connectivity index (χ1n) is 8.79. The molecule has 0 fully saturated rings. The highest BCUT2D eigenvalue weighted by Crippen LogP contribution is 2.29. The number of ether oxygens (including phenoxy) is 1. The van der Waals surface area contributed by atoms with E-state index in [1.807, 2.05) is 42.5 Å². The van der Waals surface area contributed by atoms with Gasteiger partial charge in [-0.3, -0.25) is 4.79 Å². The first-order chi connectivity index (χ1) is 13.1. The summed E-state index contributed by atoms with van der Waals surface area (Å²) < 4.78 is 5.22. The molecule has 1 atom stereocenters. The number of nitrogens with one attached hydrogen (secondary N) is 1. The lowest BCUT2D eigenvalue weighted by Gasteiger charge is -2.14. The van der Waals surface area contributed by atoms with Crippen molar-refractivity contribution in [2.45, 2.75) is 19.4 Å². The molecule has 0 saturated carbocycles. The van der Waals surface area contributed by atoms with Gasteiger partial charge in [-0.05, 0) is 30.4 Å². The number of benzene rings is 3. The highest BCUT2D eigenvalue weighted by atomic mass is 16.5. The van der Waals surface area contributed by atoms with Crippen LogP contribution in [-0.4, -0.2) is 29.6 Å². The summed E-state index contributed by atoms with van der Waals surface area (Å²) in [6, 6.07) is 20.2. The number of hydrogen-bond acceptors (Lipinski definition) is 4. The second kappa shape index (κ2) is 8.36. The van der Waals surface area contributed by atoms with Crippen molar-refractivity contribution in [1.82, 2.24) is 5.32 Å². The van der Waals surface area contributed by atoms with Gasteiger partial charge in [0, 0.05) is 11.9 Å². The van der Waals surface area contributed by atoms with Gasteiger partial charge in [0.05, 0.1) is 0 Å². The Labute approximate surface area is 157 Å². The Morgan fingerprint density at radius 1 is 1.00 bits per heavy atom. The molecule has 138 valence electrons. The summed E-state index contributed by atoms with van der Waals surface area (Å²) in [7, 11) is 0. The minimum atomic E-state index is -0.959. The van der Waals surface area contributed by atoms with E-state index in [9.17, 15) is 14.7 Å². The molecule has 3 aromatic carbocycles. The van der Waals surface area contributed by atoms with E-state index < -0.39 is 12.1 Å². The van der Waals surface area contributed by atoms with Crippen molar-refractivity contribution in [2.24, 2.45) is 0 Å². The van der Waals surface area contributed by atoms with Crippen molar-refractivity contribution < 1.29 is 19.4 Å². The quantitative estimate of drug-likeness (QED) is 0.658. The van der Waals surface area contributed by atoms with Crippen LogP contribution in [0.5, 0.6) is 5.75 Å². The number of phenols is 1. The molecule has 3 aromatic rings. The number of fused-ring (bicyclic) bond motifs is 1. The molecule has 0 aliphatic carbocycles. The van der Waals surface area contributed by atoms with Crippen molar-refractivity contribution in [2.75, 3.05) is 6.54 Å². The Balaban J connectivity index is 1.58. The fourth-order valence-corrected chi connectivity index (χ4v) is 2.82. The normalized spacial score (nSPS) is 11.7. The summed E-state index contributed by atoms with van der Waals surface area (Å²) in [5.74, 6) is -1.25. The van der Waals surface area contributed by atoms with Crippen LogP contribution in [0.25, 0.3) is 10.8 Å². The van der Waals surface area contributed by atoms with Crippen molar-refractivity contribution in [1.29, 1.82) is 0 Å². The first-order valence-corrected chi connectivity index (χ1v) is 8.79. The lowest BCUT2D eigenvalue weighted by molar-refractivity contribution is -0.129. The van der Waals surface area contributed by atoms with Crippen LogP contribution < -0.4 is 5.32 Å². The number of aromatic hydroxyl groups is 1. The molecule has 5 heteroatoms. The van der Waals surface area contributed by atoms with Crippen molar-refractivity contribution >= 4 is 22.6 Å².